The molecular weight excluding hydrogens is 865 g/mol. The molecule has 3 aliphatic heterocycles. The third-order valence-electron chi connectivity index (χ3n) is 14.9. The number of aromatic nitrogens is 4. The Bertz CT molecular complexity index is 2490. The smallest absolute Gasteiger partial charge is 0.407 e. The number of nitrogens with one attached hydrogen (secondary N) is 4. The van der Waals surface area contributed by atoms with Crippen molar-refractivity contribution in [3.8, 4) is 39.4 Å². The van der Waals surface area contributed by atoms with E-state index in [0.717, 1.165) is 94.6 Å². The van der Waals surface area contributed by atoms with Gasteiger partial charge < -0.3 is 49.3 Å². The largest absolute Gasteiger partial charge is 0.488 e. The van der Waals surface area contributed by atoms with Gasteiger partial charge in [-0.2, -0.15) is 0 Å². The number of carbonyl (C=O) groups is 4. The molecule has 0 bridgehead atoms. The molecule has 364 valence electrons. The minimum absolute atomic E-state index is 0.118. The van der Waals surface area contributed by atoms with Gasteiger partial charge in [0.2, 0.25) is 11.8 Å². The van der Waals surface area contributed by atoms with Crippen LogP contribution in [0, 0.1) is 23.7 Å². The van der Waals surface area contributed by atoms with Crippen molar-refractivity contribution in [3.05, 3.63) is 65.0 Å². The number of likely N-dealkylation sites (tertiary alicyclic amines) is 2. The molecule has 3 fully saturated rings. The number of aryl methyl sites for hydroxylation is 2. The van der Waals surface area contributed by atoms with Gasteiger partial charge in [-0.15, -0.1) is 0 Å². The number of carbonyl (C=O) groups excluding carboxylic acids is 4. The number of hydrogen-bond donors (Lipinski definition) is 4. The van der Waals surface area contributed by atoms with Crippen molar-refractivity contribution >= 4 is 24.0 Å². The molecule has 0 unspecified atom stereocenters. The first-order valence-corrected chi connectivity index (χ1v) is 24.9. The molecule has 5 atom stereocenters. The summed E-state index contributed by atoms with van der Waals surface area (Å²) in [5.74, 6) is 2.44. The molecule has 0 spiro atoms. The maximum Gasteiger partial charge on any atom is 0.407 e. The summed E-state index contributed by atoms with van der Waals surface area (Å²) in [4.78, 5) is 73.5. The highest BCUT2D eigenvalue weighted by Gasteiger charge is 2.43. The Kier molecular flexibility index (Phi) is 14.1. The molecule has 2 aliphatic carbocycles. The van der Waals surface area contributed by atoms with Crippen molar-refractivity contribution in [1.29, 1.82) is 0 Å². The number of hydrogen-bond acceptors (Lipinski definition) is 10. The average molecular weight is 933 g/mol. The van der Waals surface area contributed by atoms with Crippen molar-refractivity contribution in [2.24, 2.45) is 23.7 Å². The minimum atomic E-state index is -0.748. The fourth-order valence-corrected chi connectivity index (χ4v) is 11.1. The highest BCUT2D eigenvalue weighted by atomic mass is 16.5. The molecule has 68 heavy (non-hydrogen) atoms. The summed E-state index contributed by atoms with van der Waals surface area (Å²) in [6.45, 7) is 10.5. The van der Waals surface area contributed by atoms with E-state index in [1.54, 1.807) is 0 Å². The molecule has 2 aromatic heterocycles. The van der Waals surface area contributed by atoms with E-state index in [2.05, 4.69) is 50.9 Å². The van der Waals surface area contributed by atoms with Gasteiger partial charge in [-0.1, -0.05) is 65.5 Å². The normalized spacial score (nSPS) is 21.0. The number of amides is 4. The second kappa shape index (κ2) is 20.4. The lowest BCUT2D eigenvalue weighted by atomic mass is 9.86. The summed E-state index contributed by atoms with van der Waals surface area (Å²) >= 11 is 0. The van der Waals surface area contributed by atoms with Crippen LogP contribution >= 0.6 is 0 Å². The molecular formula is C52H68N8O8. The summed E-state index contributed by atoms with van der Waals surface area (Å²) in [5.41, 5.74) is 9.24. The SMILES string of the molecule is COC(=O)N[C@H](C(=O)N1CCC[C@H]1c1ncc(-c2ccc3c(c2)COc2cc4c(cc2-3)CCc2nc([C@@H]3C[C@@H](COCC5CCCCCC5)CN3C(=O)[C@@H](NC(=O)OC)C(C)C)[nH]c2-4)[nH]1)C(C)C. The number of fused-ring (bicyclic) bond motifs is 6. The van der Waals surface area contributed by atoms with Crippen LogP contribution in [0.3, 0.4) is 0 Å². The molecule has 0 radical (unpaired) electrons. The molecule has 2 aromatic carbocycles. The number of methoxy groups -OCH3 is 2. The second-order valence-corrected chi connectivity index (χ2v) is 20.2. The van der Waals surface area contributed by atoms with Crippen LogP contribution in [0.2, 0.25) is 0 Å². The number of alkyl carbamates (subject to hydrolysis) is 2. The lowest BCUT2D eigenvalue weighted by molar-refractivity contribution is -0.136. The Labute approximate surface area is 399 Å². The van der Waals surface area contributed by atoms with Crippen LogP contribution < -0.4 is 15.4 Å². The Morgan fingerprint density at radius 1 is 0.750 bits per heavy atom. The molecule has 5 aliphatic rings. The maximum atomic E-state index is 14.4. The Morgan fingerprint density at radius 3 is 2.16 bits per heavy atom. The number of aromatic amines is 2. The van der Waals surface area contributed by atoms with Crippen LogP contribution in [0.15, 0.2) is 36.5 Å². The van der Waals surface area contributed by atoms with E-state index in [0.29, 0.717) is 38.6 Å². The van der Waals surface area contributed by atoms with E-state index in [-0.39, 0.29) is 41.7 Å². The van der Waals surface area contributed by atoms with Crippen LogP contribution in [0.25, 0.3) is 33.6 Å². The summed E-state index contributed by atoms with van der Waals surface area (Å²) in [6.07, 6.45) is 12.0. The quantitative estimate of drug-likeness (QED) is 0.0946. The van der Waals surface area contributed by atoms with Gasteiger partial charge in [-0.05, 0) is 103 Å². The molecule has 4 aromatic rings. The first-order chi connectivity index (χ1) is 32.9. The van der Waals surface area contributed by atoms with Crippen molar-refractivity contribution < 1.29 is 38.1 Å². The number of ether oxygens (including phenoxy) is 4. The highest BCUT2D eigenvalue weighted by Crippen LogP contribution is 2.46. The van der Waals surface area contributed by atoms with Crippen molar-refractivity contribution in [2.45, 2.75) is 129 Å². The van der Waals surface area contributed by atoms with Crippen LogP contribution in [0.5, 0.6) is 5.75 Å². The van der Waals surface area contributed by atoms with Crippen molar-refractivity contribution in [1.82, 2.24) is 40.4 Å². The molecule has 1 saturated carbocycles. The summed E-state index contributed by atoms with van der Waals surface area (Å²) < 4.78 is 22.6. The highest BCUT2D eigenvalue weighted by molar-refractivity contribution is 5.88. The minimum Gasteiger partial charge on any atom is -0.488 e. The first-order valence-electron chi connectivity index (χ1n) is 24.9. The van der Waals surface area contributed by atoms with Crippen molar-refractivity contribution in [3.63, 3.8) is 0 Å². The van der Waals surface area contributed by atoms with Gasteiger partial charge in [0.1, 0.15) is 36.1 Å². The van der Waals surface area contributed by atoms with Gasteiger partial charge in [0.25, 0.3) is 0 Å². The summed E-state index contributed by atoms with van der Waals surface area (Å²) in [5, 5.41) is 5.52. The molecule has 4 N–H and O–H groups in total. The van der Waals surface area contributed by atoms with E-state index in [1.807, 2.05) is 43.7 Å². The van der Waals surface area contributed by atoms with Gasteiger partial charge in [0.15, 0.2) is 0 Å². The van der Waals surface area contributed by atoms with Gasteiger partial charge in [0, 0.05) is 36.7 Å². The topological polar surface area (TPSA) is 193 Å². The third-order valence-corrected chi connectivity index (χ3v) is 14.9. The van der Waals surface area contributed by atoms with Crippen LogP contribution in [0.1, 0.15) is 126 Å². The zero-order valence-corrected chi connectivity index (χ0v) is 40.5. The van der Waals surface area contributed by atoms with Crippen LogP contribution in [-0.2, 0) is 43.2 Å². The fraction of sp³-hybridized carbons (Fsp3) is 0.577. The number of rotatable bonds is 13. The van der Waals surface area contributed by atoms with E-state index in [4.69, 9.17) is 28.9 Å². The standard InChI is InChI=1S/C52H68N8O8/c1-29(2)44(57-51(63)65-5)49(61)59-19-11-14-41(59)47-53-24-40(55-47)34-15-17-36-35(21-34)28-68-43-23-37-33(22-38(36)43)16-18-39-46(37)56-48(54-39)42-20-32(27-67-26-31-12-9-7-8-10-13-31)25-60(42)50(62)45(30(3)4)58-52(64)66-6/h15,17,21-24,29-32,41-42,44-45H,7-14,16,18-20,25-28H2,1-6H3,(H,53,55)(H,54,56)(H,57,63)(H,58,64)/t32-,41+,42+,44+,45+/m1/s1. The lowest BCUT2D eigenvalue weighted by Crippen LogP contribution is -2.51. The van der Waals surface area contributed by atoms with E-state index in [1.165, 1.54) is 58.3 Å². The van der Waals surface area contributed by atoms with E-state index >= 15 is 0 Å². The molecule has 9 rings (SSSR count). The molecule has 16 nitrogen and oxygen atoms in total. The molecule has 16 heteroatoms. The lowest BCUT2D eigenvalue weighted by Gasteiger charge is -2.30. The van der Waals surface area contributed by atoms with E-state index in [9.17, 15) is 19.2 Å². The summed E-state index contributed by atoms with van der Waals surface area (Å²) in [6, 6.07) is 8.81. The van der Waals surface area contributed by atoms with Gasteiger partial charge >= 0.3 is 12.2 Å². The monoisotopic (exact) mass is 933 g/mol. The Hall–Kier alpha value is -5.90. The van der Waals surface area contributed by atoms with Crippen LogP contribution in [0.4, 0.5) is 9.59 Å². The van der Waals surface area contributed by atoms with Crippen LogP contribution in [-0.4, -0.2) is 106 Å². The number of nitrogens with zero attached hydrogens (tertiary/aromatic N) is 4. The predicted octanol–water partition coefficient (Wildman–Crippen LogP) is 8.43. The fourth-order valence-electron chi connectivity index (χ4n) is 11.1. The number of benzene rings is 2. The Balaban J connectivity index is 0.932. The summed E-state index contributed by atoms with van der Waals surface area (Å²) in [7, 11) is 2.61. The Morgan fingerprint density at radius 2 is 1.46 bits per heavy atom. The molecule has 2 saturated heterocycles. The third kappa shape index (κ3) is 9.70. The average Bonchev–Trinajstić information content (AvgIpc) is 4.16. The number of imidazole rings is 2. The van der Waals surface area contributed by atoms with Crippen molar-refractivity contribution in [2.75, 3.05) is 40.5 Å². The first kappa shape index (κ1) is 47.2. The molecule has 5 heterocycles. The molecule has 4 amide bonds. The van der Waals surface area contributed by atoms with E-state index < -0.39 is 24.3 Å². The zero-order valence-electron chi connectivity index (χ0n) is 40.5. The predicted molar refractivity (Wildman–Crippen MR) is 255 cm³/mol. The number of H-pyrrole nitrogens is 2. The van der Waals surface area contributed by atoms with Gasteiger partial charge in [-0.25, -0.2) is 19.6 Å². The zero-order chi connectivity index (χ0) is 47.6. The van der Waals surface area contributed by atoms with Gasteiger partial charge in [0.05, 0.1) is 56.2 Å². The second-order valence-electron chi connectivity index (χ2n) is 20.2. The maximum absolute atomic E-state index is 14.4. The van der Waals surface area contributed by atoms with Gasteiger partial charge in [-0.3, -0.25) is 9.59 Å².